The van der Waals surface area contributed by atoms with Crippen molar-refractivity contribution >= 4 is 11.8 Å². The fourth-order valence-corrected chi connectivity index (χ4v) is 1.44. The highest BCUT2D eigenvalue weighted by Crippen LogP contribution is 1.98. The molecule has 1 aromatic heterocycles. The molecule has 0 fully saturated rings. The van der Waals surface area contributed by atoms with Gasteiger partial charge in [0.25, 0.3) is 5.91 Å². The molecule has 0 aliphatic heterocycles. The highest BCUT2D eigenvalue weighted by atomic mass is 16.5. The van der Waals surface area contributed by atoms with Gasteiger partial charge in [0.15, 0.2) is 5.76 Å². The van der Waals surface area contributed by atoms with Crippen LogP contribution in [0, 0.1) is 0 Å². The molecule has 0 aliphatic rings. The van der Waals surface area contributed by atoms with Crippen molar-refractivity contribution in [1.29, 1.82) is 0 Å². The summed E-state index contributed by atoms with van der Waals surface area (Å²) in [6.45, 7) is 1.58. The second-order valence-electron chi connectivity index (χ2n) is 4.02. The summed E-state index contributed by atoms with van der Waals surface area (Å²) >= 11 is 0. The molecule has 0 spiro atoms. The van der Waals surface area contributed by atoms with Crippen molar-refractivity contribution < 1.29 is 23.8 Å². The summed E-state index contributed by atoms with van der Waals surface area (Å²) in [5.41, 5.74) is 0. The minimum atomic E-state index is -0.333. The first-order valence-corrected chi connectivity index (χ1v) is 6.51. The third kappa shape index (κ3) is 6.91. The number of aliphatic hydroxyl groups is 1. The van der Waals surface area contributed by atoms with Crippen molar-refractivity contribution in [3.05, 3.63) is 24.2 Å². The third-order valence-corrected chi connectivity index (χ3v) is 2.41. The molecule has 7 heteroatoms. The standard InChI is InChI=1S/C13H20N2O5/c16-7-10-19-8-2-5-14-12(17)4-6-15-13(18)11-3-1-9-20-11/h1,3,9,16H,2,4-8,10H2,(H,14,17)(H,15,18). The number of hydrogen-bond acceptors (Lipinski definition) is 5. The first-order chi connectivity index (χ1) is 9.74. The van der Waals surface area contributed by atoms with E-state index in [1.807, 2.05) is 0 Å². The van der Waals surface area contributed by atoms with E-state index >= 15 is 0 Å². The predicted molar refractivity (Wildman–Crippen MR) is 71.2 cm³/mol. The molecule has 0 aromatic carbocycles. The largest absolute Gasteiger partial charge is 0.459 e. The van der Waals surface area contributed by atoms with Crippen molar-refractivity contribution in [1.82, 2.24) is 10.6 Å². The van der Waals surface area contributed by atoms with E-state index in [1.54, 1.807) is 12.1 Å². The van der Waals surface area contributed by atoms with Gasteiger partial charge in [-0.3, -0.25) is 9.59 Å². The minimum absolute atomic E-state index is 0.00171. The van der Waals surface area contributed by atoms with Crippen LogP contribution in [-0.4, -0.2) is 49.8 Å². The number of carbonyl (C=O) groups excluding carboxylic acids is 2. The van der Waals surface area contributed by atoms with Gasteiger partial charge in [0.1, 0.15) is 0 Å². The number of rotatable bonds is 10. The number of aliphatic hydroxyl groups excluding tert-OH is 1. The Balaban J connectivity index is 1.99. The van der Waals surface area contributed by atoms with Gasteiger partial charge in [0.2, 0.25) is 5.91 Å². The molecule has 20 heavy (non-hydrogen) atoms. The fraction of sp³-hybridized carbons (Fsp3) is 0.538. The molecule has 0 atom stereocenters. The molecule has 1 heterocycles. The Kier molecular flexibility index (Phi) is 8.09. The molecule has 7 nitrogen and oxygen atoms in total. The molecule has 0 saturated carbocycles. The van der Waals surface area contributed by atoms with Crippen LogP contribution in [0.2, 0.25) is 0 Å². The molecule has 1 aromatic rings. The maximum absolute atomic E-state index is 11.5. The average Bonchev–Trinajstić information content (AvgIpc) is 2.96. The maximum atomic E-state index is 11.5. The second-order valence-corrected chi connectivity index (χ2v) is 4.02. The van der Waals surface area contributed by atoms with Crippen molar-refractivity contribution in [3.63, 3.8) is 0 Å². The van der Waals surface area contributed by atoms with Crippen LogP contribution in [0.15, 0.2) is 22.8 Å². The molecule has 3 N–H and O–H groups in total. The average molecular weight is 284 g/mol. The highest BCUT2D eigenvalue weighted by Gasteiger charge is 2.08. The molecular weight excluding hydrogens is 264 g/mol. The SMILES string of the molecule is O=C(CCNC(=O)c1ccco1)NCCCOCCO. The smallest absolute Gasteiger partial charge is 0.286 e. The van der Waals surface area contributed by atoms with E-state index < -0.39 is 0 Å². The number of carbonyl (C=O) groups is 2. The highest BCUT2D eigenvalue weighted by molar-refractivity contribution is 5.91. The normalized spacial score (nSPS) is 10.2. The molecule has 2 amide bonds. The van der Waals surface area contributed by atoms with Gasteiger partial charge in [-0.1, -0.05) is 0 Å². The van der Waals surface area contributed by atoms with Crippen molar-refractivity contribution in [3.8, 4) is 0 Å². The summed E-state index contributed by atoms with van der Waals surface area (Å²) < 4.78 is 9.97. The van der Waals surface area contributed by atoms with Gasteiger partial charge in [-0.05, 0) is 18.6 Å². The van der Waals surface area contributed by atoms with Crippen LogP contribution >= 0.6 is 0 Å². The van der Waals surface area contributed by atoms with Gasteiger partial charge in [-0.15, -0.1) is 0 Å². The van der Waals surface area contributed by atoms with Crippen molar-refractivity contribution in [2.45, 2.75) is 12.8 Å². The van der Waals surface area contributed by atoms with Crippen molar-refractivity contribution in [2.75, 3.05) is 32.9 Å². The van der Waals surface area contributed by atoms with Crippen molar-refractivity contribution in [2.24, 2.45) is 0 Å². The van der Waals surface area contributed by atoms with Crippen LogP contribution < -0.4 is 10.6 Å². The van der Waals surface area contributed by atoms with Crippen LogP contribution in [0.3, 0.4) is 0 Å². The van der Waals surface area contributed by atoms with Gasteiger partial charge in [0.05, 0.1) is 19.5 Å². The lowest BCUT2D eigenvalue weighted by molar-refractivity contribution is -0.121. The van der Waals surface area contributed by atoms with Gasteiger partial charge in [0, 0.05) is 26.1 Å². The lowest BCUT2D eigenvalue weighted by Crippen LogP contribution is -2.31. The van der Waals surface area contributed by atoms with Gasteiger partial charge >= 0.3 is 0 Å². The van der Waals surface area contributed by atoms with Gasteiger partial charge in [-0.25, -0.2) is 0 Å². The quantitative estimate of drug-likeness (QED) is 0.521. The van der Waals surface area contributed by atoms with Gasteiger partial charge in [-0.2, -0.15) is 0 Å². The lowest BCUT2D eigenvalue weighted by Gasteiger charge is -2.06. The molecule has 0 bridgehead atoms. The molecule has 112 valence electrons. The Bertz CT molecular complexity index is 391. The van der Waals surface area contributed by atoms with E-state index in [-0.39, 0.29) is 37.1 Å². The molecule has 0 radical (unpaired) electrons. The first-order valence-electron chi connectivity index (χ1n) is 6.51. The molecule has 0 saturated heterocycles. The Morgan fingerprint density at radius 1 is 1.25 bits per heavy atom. The van der Waals surface area contributed by atoms with E-state index in [0.29, 0.717) is 26.2 Å². The minimum Gasteiger partial charge on any atom is -0.459 e. The number of hydrogen-bond donors (Lipinski definition) is 3. The zero-order valence-corrected chi connectivity index (χ0v) is 11.3. The Labute approximate surface area is 117 Å². The molecule has 1 rings (SSSR count). The van der Waals surface area contributed by atoms with Crippen LogP contribution in [0.5, 0.6) is 0 Å². The Hall–Kier alpha value is -1.86. The summed E-state index contributed by atoms with van der Waals surface area (Å²) in [7, 11) is 0. The van der Waals surface area contributed by atoms with Crippen LogP contribution in [-0.2, 0) is 9.53 Å². The first kappa shape index (κ1) is 16.2. The van der Waals surface area contributed by atoms with Crippen LogP contribution in [0.25, 0.3) is 0 Å². The summed E-state index contributed by atoms with van der Waals surface area (Å²) in [6, 6.07) is 3.18. The summed E-state index contributed by atoms with van der Waals surface area (Å²) in [5, 5.41) is 13.8. The summed E-state index contributed by atoms with van der Waals surface area (Å²) in [4.78, 5) is 22.9. The molecule has 0 unspecified atom stereocenters. The lowest BCUT2D eigenvalue weighted by atomic mass is 10.3. The summed E-state index contributed by atoms with van der Waals surface area (Å²) in [6.07, 6.45) is 2.31. The topological polar surface area (TPSA) is 101 Å². The zero-order chi connectivity index (χ0) is 14.6. The van der Waals surface area contributed by atoms with E-state index in [2.05, 4.69) is 10.6 Å². The van der Waals surface area contributed by atoms with E-state index in [4.69, 9.17) is 14.3 Å². The molecule has 0 aliphatic carbocycles. The number of ether oxygens (including phenoxy) is 1. The number of nitrogens with one attached hydrogen (secondary N) is 2. The number of amides is 2. The van der Waals surface area contributed by atoms with Crippen LogP contribution in [0.4, 0.5) is 0 Å². The fourth-order valence-electron chi connectivity index (χ4n) is 1.44. The van der Waals surface area contributed by atoms with E-state index in [0.717, 1.165) is 0 Å². The molecular formula is C13H20N2O5. The number of furan rings is 1. The monoisotopic (exact) mass is 284 g/mol. The maximum Gasteiger partial charge on any atom is 0.286 e. The third-order valence-electron chi connectivity index (χ3n) is 2.41. The Morgan fingerprint density at radius 3 is 2.80 bits per heavy atom. The Morgan fingerprint density at radius 2 is 2.10 bits per heavy atom. The van der Waals surface area contributed by atoms with E-state index in [1.165, 1.54) is 6.26 Å². The zero-order valence-electron chi connectivity index (χ0n) is 11.3. The van der Waals surface area contributed by atoms with Gasteiger partial charge < -0.3 is 24.9 Å². The predicted octanol–water partition coefficient (Wildman–Crippen LogP) is -0.0853. The van der Waals surface area contributed by atoms with Crippen LogP contribution in [0.1, 0.15) is 23.4 Å². The van der Waals surface area contributed by atoms with E-state index in [9.17, 15) is 9.59 Å². The second kappa shape index (κ2) is 9.99. The summed E-state index contributed by atoms with van der Waals surface area (Å²) in [5.74, 6) is -0.237.